The molecule has 2 heterocycles. The number of halogens is 2. The van der Waals surface area contributed by atoms with Crippen LogP contribution in [0.2, 0.25) is 0 Å². The zero-order valence-corrected chi connectivity index (χ0v) is 16.8. The highest BCUT2D eigenvalue weighted by atomic mass is 35.5. The molecule has 148 valence electrons. The van der Waals surface area contributed by atoms with Gasteiger partial charge in [0.2, 0.25) is 5.91 Å². The first kappa shape index (κ1) is 23.0. The number of hydrogen-bond donors (Lipinski definition) is 2. The first-order valence-corrected chi connectivity index (χ1v) is 9.55. The summed E-state index contributed by atoms with van der Waals surface area (Å²) in [7, 11) is 0. The number of nitrogens with one attached hydrogen (secondary N) is 1. The number of rotatable bonds is 5. The summed E-state index contributed by atoms with van der Waals surface area (Å²) in [5.74, 6) is 0.575. The molecule has 2 aliphatic heterocycles. The summed E-state index contributed by atoms with van der Waals surface area (Å²) in [4.78, 5) is 15.0. The van der Waals surface area contributed by atoms with Crippen LogP contribution in [-0.4, -0.2) is 55.2 Å². The van der Waals surface area contributed by atoms with E-state index in [9.17, 15) is 4.79 Å². The van der Waals surface area contributed by atoms with Crippen molar-refractivity contribution in [2.24, 2.45) is 11.7 Å². The van der Waals surface area contributed by atoms with Gasteiger partial charge in [0.25, 0.3) is 0 Å². The van der Waals surface area contributed by atoms with E-state index in [2.05, 4.69) is 10.2 Å². The summed E-state index contributed by atoms with van der Waals surface area (Å²) in [6.07, 6.45) is 9.96. The fraction of sp³-hybridized carbons (Fsp3) is 0.944. The molecule has 3 fully saturated rings. The first-order chi connectivity index (χ1) is 11.2. The van der Waals surface area contributed by atoms with Gasteiger partial charge in [0.05, 0.1) is 0 Å². The fourth-order valence-electron chi connectivity index (χ4n) is 4.62. The van der Waals surface area contributed by atoms with Crippen molar-refractivity contribution in [2.75, 3.05) is 32.8 Å². The highest BCUT2D eigenvalue weighted by Crippen LogP contribution is 2.31. The molecular weight excluding hydrogens is 361 g/mol. The number of likely N-dealkylation sites (tertiary alicyclic amines) is 1. The molecule has 0 spiro atoms. The summed E-state index contributed by atoms with van der Waals surface area (Å²) in [6, 6.07) is 0.222. The molecule has 2 atom stereocenters. The summed E-state index contributed by atoms with van der Waals surface area (Å²) in [6.45, 7) is 4.75. The maximum atomic E-state index is 12.4. The Morgan fingerprint density at radius 3 is 2.36 bits per heavy atom. The van der Waals surface area contributed by atoms with Crippen LogP contribution in [0.3, 0.4) is 0 Å². The van der Waals surface area contributed by atoms with Gasteiger partial charge in [0.15, 0.2) is 0 Å². The third-order valence-electron chi connectivity index (χ3n) is 6.23. The third-order valence-corrected chi connectivity index (χ3v) is 6.23. The summed E-state index contributed by atoms with van der Waals surface area (Å²) in [5, 5.41) is 3.25. The molecule has 2 saturated heterocycles. The molecule has 1 saturated carbocycles. The van der Waals surface area contributed by atoms with Crippen molar-refractivity contribution >= 4 is 30.7 Å². The topological polar surface area (TPSA) is 67.6 Å². The van der Waals surface area contributed by atoms with Crippen molar-refractivity contribution in [3.05, 3.63) is 0 Å². The van der Waals surface area contributed by atoms with Crippen LogP contribution in [0, 0.1) is 5.92 Å². The van der Waals surface area contributed by atoms with Crippen molar-refractivity contribution in [2.45, 2.75) is 69.4 Å². The number of carbonyl (C=O) groups is 1. The van der Waals surface area contributed by atoms with E-state index in [0.717, 1.165) is 45.4 Å². The minimum Gasteiger partial charge on any atom is -0.381 e. The quantitative estimate of drug-likeness (QED) is 0.749. The zero-order chi connectivity index (χ0) is 16.1. The smallest absolute Gasteiger partial charge is 0.220 e. The lowest BCUT2D eigenvalue weighted by atomic mass is 9.86. The van der Waals surface area contributed by atoms with Crippen molar-refractivity contribution in [1.29, 1.82) is 0 Å². The van der Waals surface area contributed by atoms with Crippen molar-refractivity contribution < 1.29 is 9.53 Å². The van der Waals surface area contributed by atoms with Crippen LogP contribution >= 0.6 is 24.8 Å². The Morgan fingerprint density at radius 2 is 1.76 bits per heavy atom. The van der Waals surface area contributed by atoms with Crippen LogP contribution in [-0.2, 0) is 9.53 Å². The van der Waals surface area contributed by atoms with Gasteiger partial charge in [0.1, 0.15) is 0 Å². The number of carbonyl (C=O) groups excluding carboxylic acids is 1. The summed E-state index contributed by atoms with van der Waals surface area (Å²) >= 11 is 0. The van der Waals surface area contributed by atoms with Gasteiger partial charge in [-0.3, -0.25) is 9.69 Å². The van der Waals surface area contributed by atoms with E-state index in [-0.39, 0.29) is 42.3 Å². The maximum Gasteiger partial charge on any atom is 0.220 e. The van der Waals surface area contributed by atoms with Gasteiger partial charge < -0.3 is 15.8 Å². The Labute approximate surface area is 164 Å². The zero-order valence-electron chi connectivity index (χ0n) is 15.2. The molecule has 3 rings (SSSR count). The Kier molecular flexibility index (Phi) is 10.0. The number of piperidine rings is 1. The van der Waals surface area contributed by atoms with E-state index in [1.807, 2.05) is 0 Å². The average molecular weight is 396 g/mol. The molecule has 0 aromatic heterocycles. The molecule has 1 aliphatic carbocycles. The number of ether oxygens (including phenoxy) is 1. The number of amides is 1. The van der Waals surface area contributed by atoms with E-state index in [4.69, 9.17) is 10.5 Å². The predicted octanol–water partition coefficient (Wildman–Crippen LogP) is 2.50. The third kappa shape index (κ3) is 5.96. The molecule has 0 radical (unpaired) electrons. The minimum atomic E-state index is 0. The second-order valence-electron chi connectivity index (χ2n) is 7.72. The van der Waals surface area contributed by atoms with Gasteiger partial charge in [-0.15, -0.1) is 24.8 Å². The van der Waals surface area contributed by atoms with E-state index < -0.39 is 0 Å². The molecule has 5 nitrogen and oxygen atoms in total. The maximum absolute atomic E-state index is 12.4. The first-order valence-electron chi connectivity index (χ1n) is 9.55. The lowest BCUT2D eigenvalue weighted by molar-refractivity contribution is -0.123. The van der Waals surface area contributed by atoms with Crippen LogP contribution in [0.5, 0.6) is 0 Å². The van der Waals surface area contributed by atoms with Gasteiger partial charge >= 0.3 is 0 Å². The largest absolute Gasteiger partial charge is 0.381 e. The second-order valence-corrected chi connectivity index (χ2v) is 7.72. The van der Waals surface area contributed by atoms with Gasteiger partial charge in [0, 0.05) is 37.8 Å². The van der Waals surface area contributed by atoms with Gasteiger partial charge in [-0.05, 0) is 57.5 Å². The van der Waals surface area contributed by atoms with Crippen molar-refractivity contribution in [3.63, 3.8) is 0 Å². The molecule has 1 amide bonds. The molecule has 25 heavy (non-hydrogen) atoms. The van der Waals surface area contributed by atoms with Crippen LogP contribution in [0.4, 0.5) is 0 Å². The highest BCUT2D eigenvalue weighted by molar-refractivity contribution is 5.85. The summed E-state index contributed by atoms with van der Waals surface area (Å²) < 4.78 is 5.59. The number of nitrogens with zero attached hydrogens (tertiary/aromatic N) is 1. The monoisotopic (exact) mass is 395 g/mol. The molecule has 3 aliphatic rings. The van der Waals surface area contributed by atoms with Crippen LogP contribution in [0.1, 0.15) is 57.8 Å². The van der Waals surface area contributed by atoms with Gasteiger partial charge in [-0.25, -0.2) is 0 Å². The van der Waals surface area contributed by atoms with Crippen molar-refractivity contribution in [3.8, 4) is 0 Å². The van der Waals surface area contributed by atoms with E-state index in [0.29, 0.717) is 12.3 Å². The Balaban J connectivity index is 0.00000156. The van der Waals surface area contributed by atoms with E-state index in [1.54, 1.807) is 0 Å². The Morgan fingerprint density at radius 1 is 1.08 bits per heavy atom. The minimum absolute atomic E-state index is 0. The second kappa shape index (κ2) is 10.9. The SMILES string of the molecule is Cl.Cl.N[C@@H]1CCC[C@H]1CC(=O)NCC1(N2CCCCC2)CCOCC1. The van der Waals surface area contributed by atoms with E-state index >= 15 is 0 Å². The van der Waals surface area contributed by atoms with E-state index in [1.165, 1.54) is 38.8 Å². The van der Waals surface area contributed by atoms with Crippen LogP contribution in [0.15, 0.2) is 0 Å². The lowest BCUT2D eigenvalue weighted by Crippen LogP contribution is -2.59. The fourth-order valence-corrected chi connectivity index (χ4v) is 4.62. The molecule has 0 aromatic carbocycles. The number of nitrogens with two attached hydrogens (primary N) is 1. The highest BCUT2D eigenvalue weighted by Gasteiger charge is 2.39. The predicted molar refractivity (Wildman–Crippen MR) is 106 cm³/mol. The molecule has 0 unspecified atom stereocenters. The van der Waals surface area contributed by atoms with Crippen molar-refractivity contribution in [1.82, 2.24) is 10.2 Å². The Bertz CT molecular complexity index is 400. The average Bonchev–Trinajstić information content (AvgIpc) is 2.99. The summed E-state index contributed by atoms with van der Waals surface area (Å²) in [5.41, 5.74) is 6.22. The van der Waals surface area contributed by atoms with Gasteiger partial charge in [-0.1, -0.05) is 12.8 Å². The standard InChI is InChI=1S/C18H33N3O2.2ClH/c19-16-6-4-5-15(16)13-17(22)20-14-18(7-11-23-12-8-18)21-9-2-1-3-10-21;;/h15-16H,1-14,19H2,(H,20,22);2*1H/t15-,16+;;/m0../s1. The van der Waals surface area contributed by atoms with Crippen LogP contribution < -0.4 is 11.1 Å². The molecule has 0 bridgehead atoms. The van der Waals surface area contributed by atoms with Gasteiger partial charge in [-0.2, -0.15) is 0 Å². The van der Waals surface area contributed by atoms with Crippen LogP contribution in [0.25, 0.3) is 0 Å². The molecular formula is C18H35Cl2N3O2. The molecule has 0 aromatic rings. The molecule has 3 N–H and O–H groups in total. The number of hydrogen-bond acceptors (Lipinski definition) is 4. The normalized spacial score (nSPS) is 29.3. The molecule has 7 heteroatoms. The lowest BCUT2D eigenvalue weighted by Gasteiger charge is -2.48. The Hall–Kier alpha value is -0.0700.